The van der Waals surface area contributed by atoms with E-state index in [9.17, 15) is 8.42 Å². The second kappa shape index (κ2) is 4.00. The maximum Gasteiger partial charge on any atom is 0.148 e. The van der Waals surface area contributed by atoms with Crippen LogP contribution in [0.15, 0.2) is 24.3 Å². The second-order valence-electron chi connectivity index (χ2n) is 3.66. The molecular weight excluding hydrogens is 198 g/mol. The van der Waals surface area contributed by atoms with Gasteiger partial charge >= 0.3 is 0 Å². The monoisotopic (exact) mass is 213 g/mol. The number of sulfone groups is 1. The van der Waals surface area contributed by atoms with Crippen molar-refractivity contribution >= 4 is 15.5 Å². The first-order chi connectivity index (χ1) is 6.38. The molecule has 0 radical (unpaired) electrons. The summed E-state index contributed by atoms with van der Waals surface area (Å²) in [6, 6.07) is 7.34. The van der Waals surface area contributed by atoms with Gasteiger partial charge in [0.2, 0.25) is 0 Å². The van der Waals surface area contributed by atoms with Gasteiger partial charge in [0.1, 0.15) is 9.84 Å². The molecule has 0 fully saturated rings. The molecule has 0 aliphatic carbocycles. The van der Waals surface area contributed by atoms with Crippen LogP contribution in [0.2, 0.25) is 0 Å². The van der Waals surface area contributed by atoms with Crippen LogP contribution < -0.4 is 5.73 Å². The van der Waals surface area contributed by atoms with Crippen molar-refractivity contribution in [2.24, 2.45) is 0 Å². The van der Waals surface area contributed by atoms with Crippen LogP contribution in [0, 0.1) is 0 Å². The molecule has 4 heteroatoms. The van der Waals surface area contributed by atoms with Crippen molar-refractivity contribution in [2.75, 3.05) is 17.7 Å². The minimum absolute atomic E-state index is 0.00602. The Labute approximate surface area is 84.9 Å². The van der Waals surface area contributed by atoms with Crippen LogP contribution in [-0.4, -0.2) is 20.4 Å². The average Bonchev–Trinajstić information content (AvgIpc) is 2.01. The first kappa shape index (κ1) is 11.0. The van der Waals surface area contributed by atoms with E-state index in [1.54, 1.807) is 6.07 Å². The third-order valence-electron chi connectivity index (χ3n) is 2.03. The Morgan fingerprint density at radius 1 is 1.43 bits per heavy atom. The molecule has 0 saturated heterocycles. The number of hydrogen-bond donors (Lipinski definition) is 1. The summed E-state index contributed by atoms with van der Waals surface area (Å²) in [5.41, 5.74) is 7.25. The molecule has 0 aromatic heterocycles. The van der Waals surface area contributed by atoms with Crippen LogP contribution >= 0.6 is 0 Å². The molecule has 0 aliphatic heterocycles. The van der Waals surface area contributed by atoms with Crippen molar-refractivity contribution in [2.45, 2.75) is 12.8 Å². The molecule has 3 nitrogen and oxygen atoms in total. The lowest BCUT2D eigenvalue weighted by atomic mass is 10.0. The van der Waals surface area contributed by atoms with Gasteiger partial charge in [-0.05, 0) is 23.6 Å². The van der Waals surface area contributed by atoms with Crippen molar-refractivity contribution in [3.05, 3.63) is 29.8 Å². The van der Waals surface area contributed by atoms with E-state index in [4.69, 9.17) is 5.73 Å². The largest absolute Gasteiger partial charge is 0.399 e. The number of nitrogen functional groups attached to an aromatic ring is 1. The third-order valence-corrected chi connectivity index (χ3v) is 3.14. The Hall–Kier alpha value is -1.03. The smallest absolute Gasteiger partial charge is 0.148 e. The summed E-state index contributed by atoms with van der Waals surface area (Å²) in [7, 11) is -2.93. The number of rotatable bonds is 3. The fourth-order valence-corrected chi connectivity index (χ4v) is 2.52. The zero-order valence-corrected chi connectivity index (χ0v) is 9.21. The van der Waals surface area contributed by atoms with Gasteiger partial charge in [0.15, 0.2) is 0 Å². The van der Waals surface area contributed by atoms with Crippen molar-refractivity contribution in [3.63, 3.8) is 0 Å². The predicted octanol–water partition coefficient (Wildman–Crippen LogP) is 1.42. The van der Waals surface area contributed by atoms with Crippen LogP contribution in [-0.2, 0) is 9.84 Å². The standard InChI is InChI=1S/C10H15NO2S/c1-8(7-14(2,12)13)9-4-3-5-10(11)6-9/h3-6,8H,7,11H2,1-2H3. The summed E-state index contributed by atoms with van der Waals surface area (Å²) in [4.78, 5) is 0. The Morgan fingerprint density at radius 2 is 2.07 bits per heavy atom. The van der Waals surface area contributed by atoms with Crippen molar-refractivity contribution < 1.29 is 8.42 Å². The van der Waals surface area contributed by atoms with E-state index in [1.165, 1.54) is 6.26 Å². The molecule has 0 heterocycles. The van der Waals surface area contributed by atoms with E-state index in [2.05, 4.69) is 0 Å². The molecule has 1 aromatic carbocycles. The number of hydrogen-bond acceptors (Lipinski definition) is 3. The minimum atomic E-state index is -2.93. The van der Waals surface area contributed by atoms with Crippen LogP contribution in [0.5, 0.6) is 0 Å². The molecule has 14 heavy (non-hydrogen) atoms. The summed E-state index contributed by atoms with van der Waals surface area (Å²) in [5.74, 6) is 0.157. The fraction of sp³-hybridized carbons (Fsp3) is 0.400. The molecule has 78 valence electrons. The van der Waals surface area contributed by atoms with E-state index in [1.807, 2.05) is 25.1 Å². The van der Waals surface area contributed by atoms with E-state index in [-0.39, 0.29) is 11.7 Å². The van der Waals surface area contributed by atoms with Gasteiger partial charge < -0.3 is 5.73 Å². The summed E-state index contributed by atoms with van der Waals surface area (Å²) in [6.07, 6.45) is 1.25. The van der Waals surface area contributed by atoms with Crippen molar-refractivity contribution in [1.29, 1.82) is 0 Å². The summed E-state index contributed by atoms with van der Waals surface area (Å²) < 4.78 is 22.1. The molecule has 1 atom stereocenters. The van der Waals surface area contributed by atoms with Crippen molar-refractivity contribution in [1.82, 2.24) is 0 Å². The lowest BCUT2D eigenvalue weighted by molar-refractivity contribution is 0.596. The third kappa shape index (κ3) is 3.38. The maximum absolute atomic E-state index is 11.1. The highest BCUT2D eigenvalue weighted by atomic mass is 32.2. The lowest BCUT2D eigenvalue weighted by Crippen LogP contribution is -2.10. The molecular formula is C10H15NO2S. The Morgan fingerprint density at radius 3 is 2.57 bits per heavy atom. The molecule has 0 spiro atoms. The Bertz CT molecular complexity index is 412. The quantitative estimate of drug-likeness (QED) is 0.772. The van der Waals surface area contributed by atoms with Gasteiger partial charge in [0, 0.05) is 11.9 Å². The molecule has 1 rings (SSSR count). The van der Waals surface area contributed by atoms with Crippen LogP contribution in [0.1, 0.15) is 18.4 Å². The summed E-state index contributed by atoms with van der Waals surface area (Å²) >= 11 is 0. The van der Waals surface area contributed by atoms with E-state index in [0.29, 0.717) is 5.69 Å². The van der Waals surface area contributed by atoms with Crippen LogP contribution in [0.3, 0.4) is 0 Å². The SMILES string of the molecule is CC(CS(C)(=O)=O)c1cccc(N)c1. The molecule has 2 N–H and O–H groups in total. The highest BCUT2D eigenvalue weighted by molar-refractivity contribution is 7.90. The van der Waals surface area contributed by atoms with E-state index >= 15 is 0 Å². The molecule has 0 bridgehead atoms. The minimum Gasteiger partial charge on any atom is -0.399 e. The van der Waals surface area contributed by atoms with Gasteiger partial charge in [-0.1, -0.05) is 19.1 Å². The van der Waals surface area contributed by atoms with Crippen LogP contribution in [0.25, 0.3) is 0 Å². The van der Waals surface area contributed by atoms with Gasteiger partial charge in [-0.25, -0.2) is 8.42 Å². The Kier molecular flexibility index (Phi) is 3.16. The van der Waals surface area contributed by atoms with Crippen LogP contribution in [0.4, 0.5) is 5.69 Å². The number of benzene rings is 1. The molecule has 0 amide bonds. The number of nitrogens with two attached hydrogens (primary N) is 1. The molecule has 1 aromatic rings. The lowest BCUT2D eigenvalue weighted by Gasteiger charge is -2.10. The average molecular weight is 213 g/mol. The molecule has 1 unspecified atom stereocenters. The van der Waals surface area contributed by atoms with Gasteiger partial charge in [-0.15, -0.1) is 0 Å². The van der Waals surface area contributed by atoms with Gasteiger partial charge in [0.05, 0.1) is 5.75 Å². The molecule has 0 saturated carbocycles. The van der Waals surface area contributed by atoms with Crippen molar-refractivity contribution in [3.8, 4) is 0 Å². The second-order valence-corrected chi connectivity index (χ2v) is 5.85. The summed E-state index contributed by atoms with van der Waals surface area (Å²) in [5, 5.41) is 0. The zero-order chi connectivity index (χ0) is 10.8. The Balaban J connectivity index is 2.85. The highest BCUT2D eigenvalue weighted by Crippen LogP contribution is 2.18. The topological polar surface area (TPSA) is 60.2 Å². The summed E-state index contributed by atoms with van der Waals surface area (Å²) in [6.45, 7) is 1.88. The maximum atomic E-state index is 11.1. The first-order valence-corrected chi connectivity index (χ1v) is 6.48. The zero-order valence-electron chi connectivity index (χ0n) is 8.40. The van der Waals surface area contributed by atoms with E-state index < -0.39 is 9.84 Å². The fourth-order valence-electron chi connectivity index (χ4n) is 1.42. The highest BCUT2D eigenvalue weighted by Gasteiger charge is 2.12. The van der Waals surface area contributed by atoms with Gasteiger partial charge in [-0.2, -0.15) is 0 Å². The molecule has 0 aliphatic rings. The normalized spacial score (nSPS) is 13.9. The predicted molar refractivity (Wildman–Crippen MR) is 59.0 cm³/mol. The van der Waals surface area contributed by atoms with Gasteiger partial charge in [-0.3, -0.25) is 0 Å². The van der Waals surface area contributed by atoms with Gasteiger partial charge in [0.25, 0.3) is 0 Å². The first-order valence-electron chi connectivity index (χ1n) is 4.41. The number of anilines is 1. The van der Waals surface area contributed by atoms with E-state index in [0.717, 1.165) is 5.56 Å².